The van der Waals surface area contributed by atoms with Crippen LogP contribution < -0.4 is 0 Å². The van der Waals surface area contributed by atoms with Crippen LogP contribution in [0.1, 0.15) is 16.1 Å². The number of aromatic nitrogens is 2. The Bertz CT molecular complexity index is 758. The smallest absolute Gasteiger partial charge is 0.272 e. The molecule has 4 rings (SSSR count). The lowest BCUT2D eigenvalue weighted by atomic mass is 10.1. The monoisotopic (exact) mass is 358 g/mol. The van der Waals surface area contributed by atoms with Gasteiger partial charge >= 0.3 is 0 Å². The SMILES string of the molecule is O=C(c1cccc(Cl)n1)N1CC2OCCN(Cc3ccncc3)C2C1. The van der Waals surface area contributed by atoms with Crippen LogP contribution >= 0.6 is 11.6 Å². The molecule has 0 N–H and O–H groups in total. The second-order valence-electron chi connectivity index (χ2n) is 6.36. The van der Waals surface area contributed by atoms with Crippen LogP contribution in [-0.4, -0.2) is 64.1 Å². The van der Waals surface area contributed by atoms with E-state index in [0.29, 0.717) is 30.5 Å². The van der Waals surface area contributed by atoms with Crippen molar-refractivity contribution in [2.45, 2.75) is 18.7 Å². The second-order valence-corrected chi connectivity index (χ2v) is 6.75. The Hall–Kier alpha value is -2.02. The molecule has 2 atom stereocenters. The fourth-order valence-electron chi connectivity index (χ4n) is 3.53. The van der Waals surface area contributed by atoms with Gasteiger partial charge in [-0.3, -0.25) is 14.7 Å². The Morgan fingerprint density at radius 2 is 2.08 bits per heavy atom. The van der Waals surface area contributed by atoms with Gasteiger partial charge in [0, 0.05) is 38.6 Å². The molecule has 2 aliphatic rings. The van der Waals surface area contributed by atoms with E-state index in [2.05, 4.69) is 14.9 Å². The normalized spacial score (nSPS) is 23.5. The van der Waals surface area contributed by atoms with Crippen LogP contribution in [0, 0.1) is 0 Å². The molecule has 2 unspecified atom stereocenters. The van der Waals surface area contributed by atoms with Gasteiger partial charge in [-0.1, -0.05) is 17.7 Å². The first-order valence-corrected chi connectivity index (χ1v) is 8.75. The van der Waals surface area contributed by atoms with Crippen molar-refractivity contribution >= 4 is 17.5 Å². The zero-order valence-electron chi connectivity index (χ0n) is 13.7. The molecule has 7 heteroatoms. The maximum absolute atomic E-state index is 12.7. The standard InChI is InChI=1S/C18H19ClN4O2/c19-17-3-1-2-14(21-17)18(24)23-11-15-16(12-23)25-9-8-22(15)10-13-4-6-20-7-5-13/h1-7,15-16H,8-12H2. The van der Waals surface area contributed by atoms with Crippen LogP contribution in [-0.2, 0) is 11.3 Å². The van der Waals surface area contributed by atoms with Crippen molar-refractivity contribution in [2.24, 2.45) is 0 Å². The van der Waals surface area contributed by atoms with Crippen LogP contribution in [0.5, 0.6) is 0 Å². The van der Waals surface area contributed by atoms with Crippen molar-refractivity contribution < 1.29 is 9.53 Å². The maximum Gasteiger partial charge on any atom is 0.272 e. The van der Waals surface area contributed by atoms with Gasteiger partial charge in [0.25, 0.3) is 5.91 Å². The topological polar surface area (TPSA) is 58.6 Å². The summed E-state index contributed by atoms with van der Waals surface area (Å²) in [5.74, 6) is -0.0932. The predicted molar refractivity (Wildman–Crippen MR) is 93.3 cm³/mol. The third-order valence-electron chi connectivity index (χ3n) is 4.77. The summed E-state index contributed by atoms with van der Waals surface area (Å²) in [7, 11) is 0. The first-order chi connectivity index (χ1) is 12.2. The molecule has 2 aliphatic heterocycles. The van der Waals surface area contributed by atoms with Crippen LogP contribution in [0.25, 0.3) is 0 Å². The highest BCUT2D eigenvalue weighted by atomic mass is 35.5. The van der Waals surface area contributed by atoms with Gasteiger partial charge in [0.15, 0.2) is 0 Å². The average Bonchev–Trinajstić information content (AvgIpc) is 3.07. The molecule has 25 heavy (non-hydrogen) atoms. The number of rotatable bonds is 3. The number of likely N-dealkylation sites (tertiary alicyclic amines) is 1. The highest BCUT2D eigenvalue weighted by molar-refractivity contribution is 6.29. The zero-order chi connectivity index (χ0) is 17.2. The van der Waals surface area contributed by atoms with Gasteiger partial charge in [-0.15, -0.1) is 0 Å². The number of pyridine rings is 2. The van der Waals surface area contributed by atoms with Gasteiger partial charge in [0.05, 0.1) is 18.8 Å². The second kappa shape index (κ2) is 7.07. The first kappa shape index (κ1) is 16.4. The molecular weight excluding hydrogens is 340 g/mol. The molecule has 0 aliphatic carbocycles. The number of hydrogen-bond donors (Lipinski definition) is 0. The highest BCUT2D eigenvalue weighted by Gasteiger charge is 2.42. The molecule has 1 amide bonds. The molecule has 2 aromatic rings. The molecular formula is C18H19ClN4O2. The lowest BCUT2D eigenvalue weighted by molar-refractivity contribution is -0.0503. The molecule has 2 aromatic heterocycles. The third kappa shape index (κ3) is 3.51. The van der Waals surface area contributed by atoms with Gasteiger partial charge in [-0.25, -0.2) is 4.98 Å². The fraction of sp³-hybridized carbons (Fsp3) is 0.389. The van der Waals surface area contributed by atoms with Gasteiger partial charge in [-0.05, 0) is 29.8 Å². The minimum atomic E-state index is -0.0932. The summed E-state index contributed by atoms with van der Waals surface area (Å²) in [5, 5.41) is 0.332. The highest BCUT2D eigenvalue weighted by Crippen LogP contribution is 2.25. The van der Waals surface area contributed by atoms with Crippen molar-refractivity contribution in [2.75, 3.05) is 26.2 Å². The van der Waals surface area contributed by atoms with E-state index in [4.69, 9.17) is 16.3 Å². The number of carbonyl (C=O) groups excluding carboxylic acids is 1. The molecule has 2 fully saturated rings. The zero-order valence-corrected chi connectivity index (χ0v) is 14.5. The fourth-order valence-corrected chi connectivity index (χ4v) is 3.70. The lowest BCUT2D eigenvalue weighted by Crippen LogP contribution is -2.50. The Morgan fingerprint density at radius 1 is 1.24 bits per heavy atom. The van der Waals surface area contributed by atoms with Crippen LogP contribution in [0.2, 0.25) is 5.15 Å². The summed E-state index contributed by atoms with van der Waals surface area (Å²) < 4.78 is 5.92. The van der Waals surface area contributed by atoms with Gasteiger partial charge in [0.1, 0.15) is 10.8 Å². The number of carbonyl (C=O) groups is 1. The third-order valence-corrected chi connectivity index (χ3v) is 4.98. The van der Waals surface area contributed by atoms with E-state index < -0.39 is 0 Å². The summed E-state index contributed by atoms with van der Waals surface area (Å²) in [6, 6.07) is 9.37. The van der Waals surface area contributed by atoms with E-state index in [0.717, 1.165) is 13.1 Å². The van der Waals surface area contributed by atoms with Crippen LogP contribution in [0.4, 0.5) is 0 Å². The predicted octanol–water partition coefficient (Wildman–Crippen LogP) is 1.86. The van der Waals surface area contributed by atoms with Crippen molar-refractivity contribution in [3.63, 3.8) is 0 Å². The molecule has 0 aromatic carbocycles. The number of amides is 1. The van der Waals surface area contributed by atoms with Gasteiger partial charge < -0.3 is 9.64 Å². The number of morpholine rings is 1. The number of halogens is 1. The largest absolute Gasteiger partial charge is 0.373 e. The van der Waals surface area contributed by atoms with Crippen LogP contribution in [0.15, 0.2) is 42.7 Å². The number of nitrogens with zero attached hydrogens (tertiary/aromatic N) is 4. The Balaban J connectivity index is 1.48. The Kier molecular flexibility index (Phi) is 4.65. The van der Waals surface area contributed by atoms with Crippen molar-refractivity contribution in [3.8, 4) is 0 Å². The maximum atomic E-state index is 12.7. The first-order valence-electron chi connectivity index (χ1n) is 8.37. The minimum absolute atomic E-state index is 0.0405. The number of ether oxygens (including phenoxy) is 1. The molecule has 6 nitrogen and oxygen atoms in total. The Labute approximate surface area is 151 Å². The molecule has 0 spiro atoms. The van der Waals surface area contributed by atoms with Crippen molar-refractivity contribution in [1.29, 1.82) is 0 Å². The summed E-state index contributed by atoms with van der Waals surface area (Å²) in [6.07, 6.45) is 3.66. The van der Waals surface area contributed by atoms with Gasteiger partial charge in [0.2, 0.25) is 0 Å². The van der Waals surface area contributed by atoms with Crippen molar-refractivity contribution in [1.82, 2.24) is 19.8 Å². The summed E-state index contributed by atoms with van der Waals surface area (Å²) in [6.45, 7) is 3.61. The molecule has 2 saturated heterocycles. The van der Waals surface area contributed by atoms with E-state index in [1.165, 1.54) is 5.56 Å². The molecule has 0 saturated carbocycles. The number of hydrogen-bond acceptors (Lipinski definition) is 5. The summed E-state index contributed by atoms with van der Waals surface area (Å²) in [4.78, 5) is 25.1. The summed E-state index contributed by atoms with van der Waals surface area (Å²) in [5.41, 5.74) is 1.60. The van der Waals surface area contributed by atoms with Gasteiger partial charge in [-0.2, -0.15) is 0 Å². The molecule has 4 heterocycles. The van der Waals surface area contributed by atoms with E-state index in [1.54, 1.807) is 18.2 Å². The quantitative estimate of drug-likeness (QED) is 0.784. The minimum Gasteiger partial charge on any atom is -0.373 e. The van der Waals surface area contributed by atoms with E-state index in [9.17, 15) is 4.79 Å². The Morgan fingerprint density at radius 3 is 2.88 bits per heavy atom. The van der Waals surface area contributed by atoms with E-state index in [-0.39, 0.29) is 18.1 Å². The molecule has 130 valence electrons. The molecule has 0 radical (unpaired) electrons. The summed E-state index contributed by atoms with van der Waals surface area (Å²) >= 11 is 5.91. The lowest BCUT2D eigenvalue weighted by Gasteiger charge is -2.36. The van der Waals surface area contributed by atoms with Crippen molar-refractivity contribution in [3.05, 3.63) is 59.1 Å². The number of fused-ring (bicyclic) bond motifs is 1. The molecule has 0 bridgehead atoms. The van der Waals surface area contributed by atoms with E-state index >= 15 is 0 Å². The van der Waals surface area contributed by atoms with Crippen LogP contribution in [0.3, 0.4) is 0 Å². The average molecular weight is 359 g/mol. The van der Waals surface area contributed by atoms with E-state index in [1.807, 2.05) is 29.4 Å².